The Balaban J connectivity index is 2.10. The van der Waals surface area contributed by atoms with Crippen molar-refractivity contribution in [2.45, 2.75) is 20.0 Å². The van der Waals surface area contributed by atoms with Gasteiger partial charge in [-0.05, 0) is 49.2 Å². The zero-order valence-electron chi connectivity index (χ0n) is 13.2. The van der Waals surface area contributed by atoms with Crippen LogP contribution in [0.15, 0.2) is 42.5 Å². The first-order valence-corrected chi connectivity index (χ1v) is 7.46. The Bertz CT molecular complexity index is 894. The van der Waals surface area contributed by atoms with Crippen LogP contribution in [0.5, 0.6) is 5.75 Å². The van der Waals surface area contributed by atoms with E-state index in [1.807, 2.05) is 38.1 Å². The van der Waals surface area contributed by atoms with Gasteiger partial charge >= 0.3 is 0 Å². The Morgan fingerprint density at radius 3 is 2.50 bits per heavy atom. The molecule has 3 aromatic rings. The smallest absolute Gasteiger partial charge is 0.163 e. The SMILES string of the molecule is CC(C)Oc1cc(-c2ccc(F)cc2)ccc1-c1nn[nH]c1C#N. The molecule has 0 aliphatic heterocycles. The summed E-state index contributed by atoms with van der Waals surface area (Å²) in [4.78, 5) is 0. The summed E-state index contributed by atoms with van der Waals surface area (Å²) in [6.07, 6.45) is -0.0512. The van der Waals surface area contributed by atoms with Crippen LogP contribution in [0.3, 0.4) is 0 Å². The highest BCUT2D eigenvalue weighted by Gasteiger charge is 2.16. The van der Waals surface area contributed by atoms with E-state index in [-0.39, 0.29) is 17.6 Å². The summed E-state index contributed by atoms with van der Waals surface area (Å²) < 4.78 is 19.0. The van der Waals surface area contributed by atoms with Crippen LogP contribution in [0.25, 0.3) is 22.4 Å². The van der Waals surface area contributed by atoms with Crippen LogP contribution in [0.1, 0.15) is 19.5 Å². The fraction of sp³-hybridized carbons (Fsp3) is 0.167. The highest BCUT2D eigenvalue weighted by Crippen LogP contribution is 2.35. The quantitative estimate of drug-likeness (QED) is 0.789. The molecule has 6 heteroatoms. The zero-order chi connectivity index (χ0) is 17.1. The van der Waals surface area contributed by atoms with E-state index in [1.54, 1.807) is 12.1 Å². The average Bonchev–Trinajstić information content (AvgIpc) is 3.03. The lowest BCUT2D eigenvalue weighted by atomic mass is 10.0. The molecule has 0 atom stereocenters. The second kappa shape index (κ2) is 6.50. The Kier molecular flexibility index (Phi) is 4.25. The molecule has 2 aromatic carbocycles. The Labute approximate surface area is 138 Å². The monoisotopic (exact) mass is 322 g/mol. The maximum absolute atomic E-state index is 13.1. The number of halogens is 1. The summed E-state index contributed by atoms with van der Waals surface area (Å²) in [5.74, 6) is 0.313. The van der Waals surface area contributed by atoms with Crippen LogP contribution in [-0.4, -0.2) is 21.5 Å². The molecule has 0 saturated carbocycles. The normalized spacial score (nSPS) is 10.6. The van der Waals surface area contributed by atoms with Crippen molar-refractivity contribution in [2.75, 3.05) is 0 Å². The first-order chi connectivity index (χ1) is 11.6. The number of H-pyrrole nitrogens is 1. The van der Waals surface area contributed by atoms with E-state index in [1.165, 1.54) is 12.1 Å². The summed E-state index contributed by atoms with van der Waals surface area (Å²) in [6, 6.07) is 13.8. The third-order valence-electron chi connectivity index (χ3n) is 3.44. The molecule has 0 spiro atoms. The fourth-order valence-corrected chi connectivity index (χ4v) is 2.39. The largest absolute Gasteiger partial charge is 0.490 e. The van der Waals surface area contributed by atoms with Crippen molar-refractivity contribution in [1.29, 1.82) is 5.26 Å². The minimum absolute atomic E-state index is 0.0512. The molecule has 0 aliphatic rings. The number of aromatic amines is 1. The molecule has 1 heterocycles. The molecule has 120 valence electrons. The van der Waals surface area contributed by atoms with Crippen molar-refractivity contribution in [3.05, 3.63) is 54.0 Å². The minimum Gasteiger partial charge on any atom is -0.490 e. The second-order valence-corrected chi connectivity index (χ2v) is 5.53. The van der Waals surface area contributed by atoms with Crippen molar-refractivity contribution in [1.82, 2.24) is 15.4 Å². The van der Waals surface area contributed by atoms with E-state index in [4.69, 9.17) is 10.00 Å². The van der Waals surface area contributed by atoms with Gasteiger partial charge in [-0.1, -0.05) is 23.4 Å². The Hall–Kier alpha value is -3.20. The van der Waals surface area contributed by atoms with Gasteiger partial charge in [-0.2, -0.15) is 5.26 Å². The summed E-state index contributed by atoms with van der Waals surface area (Å²) in [7, 11) is 0. The number of nitrogens with zero attached hydrogens (tertiary/aromatic N) is 3. The number of rotatable bonds is 4. The third-order valence-corrected chi connectivity index (χ3v) is 3.44. The van der Waals surface area contributed by atoms with Crippen LogP contribution >= 0.6 is 0 Å². The van der Waals surface area contributed by atoms with Gasteiger partial charge in [0.25, 0.3) is 0 Å². The summed E-state index contributed by atoms with van der Waals surface area (Å²) in [5, 5.41) is 19.4. The van der Waals surface area contributed by atoms with Gasteiger partial charge in [0.1, 0.15) is 23.3 Å². The third kappa shape index (κ3) is 3.10. The molecular weight excluding hydrogens is 307 g/mol. The fourth-order valence-electron chi connectivity index (χ4n) is 2.39. The first-order valence-electron chi connectivity index (χ1n) is 7.46. The van der Waals surface area contributed by atoms with E-state index in [9.17, 15) is 4.39 Å². The molecule has 1 N–H and O–H groups in total. The van der Waals surface area contributed by atoms with Crippen molar-refractivity contribution < 1.29 is 9.13 Å². The minimum atomic E-state index is -0.282. The zero-order valence-corrected chi connectivity index (χ0v) is 13.2. The van der Waals surface area contributed by atoms with Gasteiger partial charge in [0.15, 0.2) is 5.69 Å². The topological polar surface area (TPSA) is 74.6 Å². The molecule has 0 aliphatic carbocycles. The number of hydrogen-bond donors (Lipinski definition) is 1. The molecule has 0 fully saturated rings. The molecule has 0 unspecified atom stereocenters. The van der Waals surface area contributed by atoms with E-state index < -0.39 is 0 Å². The summed E-state index contributed by atoms with van der Waals surface area (Å²) >= 11 is 0. The molecule has 0 bridgehead atoms. The molecule has 1 aromatic heterocycles. The lowest BCUT2D eigenvalue weighted by Crippen LogP contribution is -2.07. The molecular formula is C18H15FN4O. The van der Waals surface area contributed by atoms with Gasteiger partial charge in [0.05, 0.1) is 6.10 Å². The number of hydrogen-bond acceptors (Lipinski definition) is 4. The van der Waals surface area contributed by atoms with E-state index in [2.05, 4.69) is 15.4 Å². The van der Waals surface area contributed by atoms with Gasteiger partial charge in [0.2, 0.25) is 0 Å². The van der Waals surface area contributed by atoms with Crippen molar-refractivity contribution in [3.8, 4) is 34.2 Å². The molecule has 0 radical (unpaired) electrons. The van der Waals surface area contributed by atoms with Crippen molar-refractivity contribution >= 4 is 0 Å². The number of benzene rings is 2. The van der Waals surface area contributed by atoms with Crippen LogP contribution in [0, 0.1) is 17.1 Å². The lowest BCUT2D eigenvalue weighted by Gasteiger charge is -2.15. The van der Waals surface area contributed by atoms with Crippen molar-refractivity contribution in [2.24, 2.45) is 0 Å². The van der Waals surface area contributed by atoms with Gasteiger partial charge in [-0.3, -0.25) is 0 Å². The molecule has 0 amide bonds. The highest BCUT2D eigenvalue weighted by atomic mass is 19.1. The first kappa shape index (κ1) is 15.7. The van der Waals surface area contributed by atoms with Gasteiger partial charge in [0, 0.05) is 5.56 Å². The molecule has 0 saturated heterocycles. The number of nitriles is 1. The standard InChI is InChI=1S/C18H15FN4O/c1-11(2)24-17-9-13(12-3-6-14(19)7-4-12)5-8-15(17)18-16(10-20)21-23-22-18/h3-9,11H,1-2H3,(H,21,22,23). The maximum Gasteiger partial charge on any atom is 0.163 e. The lowest BCUT2D eigenvalue weighted by molar-refractivity contribution is 0.243. The predicted molar refractivity (Wildman–Crippen MR) is 87.7 cm³/mol. The van der Waals surface area contributed by atoms with Crippen LogP contribution < -0.4 is 4.74 Å². The van der Waals surface area contributed by atoms with Gasteiger partial charge < -0.3 is 4.74 Å². The molecule has 3 rings (SSSR count). The highest BCUT2D eigenvalue weighted by molar-refractivity contribution is 5.76. The summed E-state index contributed by atoms with van der Waals surface area (Å²) in [5.41, 5.74) is 3.16. The molecule has 5 nitrogen and oxygen atoms in total. The number of aromatic nitrogens is 3. The Morgan fingerprint density at radius 1 is 1.12 bits per heavy atom. The number of nitrogens with one attached hydrogen (secondary N) is 1. The average molecular weight is 322 g/mol. The maximum atomic E-state index is 13.1. The predicted octanol–water partition coefficient (Wildman–Crippen LogP) is 3.94. The number of ether oxygens (including phenoxy) is 1. The Morgan fingerprint density at radius 2 is 1.83 bits per heavy atom. The van der Waals surface area contributed by atoms with Crippen LogP contribution in [0.4, 0.5) is 4.39 Å². The van der Waals surface area contributed by atoms with E-state index >= 15 is 0 Å². The van der Waals surface area contributed by atoms with Crippen LogP contribution in [-0.2, 0) is 0 Å². The van der Waals surface area contributed by atoms with E-state index in [0.717, 1.165) is 11.1 Å². The van der Waals surface area contributed by atoms with Gasteiger partial charge in [-0.15, -0.1) is 5.10 Å². The van der Waals surface area contributed by atoms with E-state index in [0.29, 0.717) is 17.0 Å². The second-order valence-electron chi connectivity index (χ2n) is 5.53. The van der Waals surface area contributed by atoms with Crippen LogP contribution in [0.2, 0.25) is 0 Å². The summed E-state index contributed by atoms with van der Waals surface area (Å²) in [6.45, 7) is 3.84. The molecule has 24 heavy (non-hydrogen) atoms. The van der Waals surface area contributed by atoms with Gasteiger partial charge in [-0.25, -0.2) is 9.49 Å². The van der Waals surface area contributed by atoms with Crippen molar-refractivity contribution in [3.63, 3.8) is 0 Å².